The summed E-state index contributed by atoms with van der Waals surface area (Å²) in [5, 5.41) is 7.52. The summed E-state index contributed by atoms with van der Waals surface area (Å²) in [5.74, 6) is 1.16. The second-order valence-corrected chi connectivity index (χ2v) is 5.01. The number of hydrogen-bond donors (Lipinski definition) is 2. The summed E-state index contributed by atoms with van der Waals surface area (Å²) in [7, 11) is 2.04. The van der Waals surface area contributed by atoms with E-state index in [2.05, 4.69) is 20.4 Å². The zero-order valence-corrected chi connectivity index (χ0v) is 11.8. The normalized spacial score (nSPS) is 10.7. The highest BCUT2D eigenvalue weighted by atomic mass is 15.2. The smallest absolute Gasteiger partial charge is 0.138 e. The van der Waals surface area contributed by atoms with E-state index in [0.717, 1.165) is 29.1 Å². The number of nitrogens with one attached hydrogen (secondary N) is 1. The van der Waals surface area contributed by atoms with Gasteiger partial charge in [0.1, 0.15) is 17.3 Å². The molecule has 3 rings (SSSR count). The maximum absolute atomic E-state index is 7.52. The summed E-state index contributed by atoms with van der Waals surface area (Å²) < 4.78 is 2.05. The van der Waals surface area contributed by atoms with Crippen LogP contribution in [0.25, 0.3) is 5.65 Å². The number of nitrogens with two attached hydrogens (primary N) is 1. The summed E-state index contributed by atoms with van der Waals surface area (Å²) in [5.41, 5.74) is 8.33. The van der Waals surface area contributed by atoms with Crippen molar-refractivity contribution in [3.05, 3.63) is 66.0 Å². The maximum Gasteiger partial charge on any atom is 0.138 e. The number of benzene rings is 1. The van der Waals surface area contributed by atoms with E-state index in [-0.39, 0.29) is 5.84 Å². The van der Waals surface area contributed by atoms with Crippen molar-refractivity contribution in [2.75, 3.05) is 11.9 Å². The van der Waals surface area contributed by atoms with Crippen LogP contribution in [0.15, 0.2) is 54.9 Å². The largest absolute Gasteiger partial charge is 0.384 e. The van der Waals surface area contributed by atoms with Gasteiger partial charge in [0.25, 0.3) is 0 Å². The predicted molar refractivity (Wildman–Crippen MR) is 84.8 cm³/mol. The summed E-state index contributed by atoms with van der Waals surface area (Å²) in [6.45, 7) is 0.735. The summed E-state index contributed by atoms with van der Waals surface area (Å²) >= 11 is 0. The number of fused-ring (bicyclic) bond motifs is 1. The van der Waals surface area contributed by atoms with Crippen LogP contribution in [0.4, 0.5) is 5.82 Å². The molecule has 1 aromatic carbocycles. The van der Waals surface area contributed by atoms with Gasteiger partial charge in [-0.1, -0.05) is 24.3 Å². The fraction of sp³-hybridized carbons (Fsp3) is 0.125. The molecule has 0 saturated heterocycles. The number of amidine groups is 1. The standard InChI is InChI=1S/C16H17N5/c1-20(11-12-4-2-5-13(10-12)16(17)18)15-7-3-6-14-19-8-9-21(14)15/h2-10H,11H2,1H3,(H3,17,18). The van der Waals surface area contributed by atoms with E-state index in [4.69, 9.17) is 11.1 Å². The van der Waals surface area contributed by atoms with Gasteiger partial charge in [0.05, 0.1) is 0 Å². The van der Waals surface area contributed by atoms with Crippen LogP contribution in [0, 0.1) is 5.41 Å². The number of aromatic nitrogens is 2. The zero-order chi connectivity index (χ0) is 14.8. The van der Waals surface area contributed by atoms with Crippen molar-refractivity contribution in [1.29, 1.82) is 5.41 Å². The molecule has 0 amide bonds. The number of nitrogens with zero attached hydrogens (tertiary/aromatic N) is 3. The van der Waals surface area contributed by atoms with Crippen LogP contribution in [0.5, 0.6) is 0 Å². The molecule has 0 unspecified atom stereocenters. The fourth-order valence-electron chi connectivity index (χ4n) is 2.44. The van der Waals surface area contributed by atoms with Gasteiger partial charge in [-0.15, -0.1) is 0 Å². The molecule has 0 spiro atoms. The van der Waals surface area contributed by atoms with Gasteiger partial charge in [-0.05, 0) is 23.8 Å². The van der Waals surface area contributed by atoms with E-state index in [9.17, 15) is 0 Å². The molecule has 3 N–H and O–H groups in total. The van der Waals surface area contributed by atoms with E-state index >= 15 is 0 Å². The van der Waals surface area contributed by atoms with Gasteiger partial charge < -0.3 is 10.6 Å². The van der Waals surface area contributed by atoms with Crippen molar-refractivity contribution >= 4 is 17.3 Å². The lowest BCUT2D eigenvalue weighted by molar-refractivity contribution is 0.883. The molecular formula is C16H17N5. The van der Waals surface area contributed by atoms with Crippen LogP contribution in [0.1, 0.15) is 11.1 Å². The summed E-state index contributed by atoms with van der Waals surface area (Å²) in [6, 6.07) is 13.8. The molecule has 21 heavy (non-hydrogen) atoms. The van der Waals surface area contributed by atoms with Crippen LogP contribution < -0.4 is 10.6 Å². The predicted octanol–water partition coefficient (Wildman–Crippen LogP) is 2.25. The van der Waals surface area contributed by atoms with E-state index in [1.165, 1.54) is 0 Å². The van der Waals surface area contributed by atoms with Gasteiger partial charge in [0, 0.05) is 31.5 Å². The van der Waals surface area contributed by atoms with E-state index in [0.29, 0.717) is 0 Å². The molecule has 0 bridgehead atoms. The molecule has 0 saturated carbocycles. The molecule has 5 nitrogen and oxygen atoms in total. The van der Waals surface area contributed by atoms with Crippen LogP contribution >= 0.6 is 0 Å². The monoisotopic (exact) mass is 279 g/mol. The second kappa shape index (κ2) is 5.28. The van der Waals surface area contributed by atoms with Crippen LogP contribution in [0.2, 0.25) is 0 Å². The fourth-order valence-corrected chi connectivity index (χ4v) is 2.44. The maximum atomic E-state index is 7.52. The molecule has 0 atom stereocenters. The average Bonchev–Trinajstić information content (AvgIpc) is 2.95. The quantitative estimate of drug-likeness (QED) is 0.568. The molecule has 3 aromatic rings. The molecule has 0 radical (unpaired) electrons. The van der Waals surface area contributed by atoms with Crippen molar-refractivity contribution in [2.24, 2.45) is 5.73 Å². The Balaban J connectivity index is 1.89. The molecule has 0 aliphatic heterocycles. The topological polar surface area (TPSA) is 70.4 Å². The number of hydrogen-bond acceptors (Lipinski definition) is 3. The Labute approximate surface area is 123 Å². The molecule has 0 aliphatic rings. The highest BCUT2D eigenvalue weighted by Crippen LogP contribution is 2.17. The average molecular weight is 279 g/mol. The molecule has 2 aromatic heterocycles. The third-order valence-electron chi connectivity index (χ3n) is 3.46. The lowest BCUT2D eigenvalue weighted by atomic mass is 10.1. The lowest BCUT2D eigenvalue weighted by Crippen LogP contribution is -2.19. The minimum absolute atomic E-state index is 0.0937. The zero-order valence-electron chi connectivity index (χ0n) is 11.8. The Morgan fingerprint density at radius 2 is 2.10 bits per heavy atom. The SMILES string of the molecule is CN(Cc1cccc(C(=N)N)c1)c1cccc2nccn12. The minimum Gasteiger partial charge on any atom is -0.384 e. The van der Waals surface area contributed by atoms with Gasteiger partial charge in [0.2, 0.25) is 0 Å². The van der Waals surface area contributed by atoms with E-state index in [1.54, 1.807) is 6.20 Å². The van der Waals surface area contributed by atoms with Crippen LogP contribution in [0.3, 0.4) is 0 Å². The summed E-state index contributed by atoms with van der Waals surface area (Å²) in [4.78, 5) is 6.44. The lowest BCUT2D eigenvalue weighted by Gasteiger charge is -2.21. The van der Waals surface area contributed by atoms with Gasteiger partial charge in [0.15, 0.2) is 0 Å². The number of imidazole rings is 1. The van der Waals surface area contributed by atoms with Gasteiger partial charge >= 0.3 is 0 Å². The molecule has 5 heteroatoms. The van der Waals surface area contributed by atoms with Crippen LogP contribution in [-0.2, 0) is 6.54 Å². The van der Waals surface area contributed by atoms with Gasteiger partial charge in [-0.2, -0.15) is 0 Å². The molecular weight excluding hydrogens is 262 g/mol. The van der Waals surface area contributed by atoms with Crippen molar-refractivity contribution in [3.63, 3.8) is 0 Å². The second-order valence-electron chi connectivity index (χ2n) is 5.01. The van der Waals surface area contributed by atoms with Gasteiger partial charge in [-0.25, -0.2) is 4.98 Å². The molecule has 0 fully saturated rings. The number of rotatable bonds is 4. The molecule has 2 heterocycles. The number of anilines is 1. The highest BCUT2D eigenvalue weighted by molar-refractivity contribution is 5.95. The Hall–Kier alpha value is -2.82. The first-order valence-corrected chi connectivity index (χ1v) is 6.72. The van der Waals surface area contributed by atoms with Crippen molar-refractivity contribution in [3.8, 4) is 0 Å². The Morgan fingerprint density at radius 1 is 1.29 bits per heavy atom. The minimum atomic E-state index is 0.0937. The molecule has 0 aliphatic carbocycles. The third-order valence-corrected chi connectivity index (χ3v) is 3.46. The first kappa shape index (κ1) is 13.2. The first-order chi connectivity index (χ1) is 10.1. The van der Waals surface area contributed by atoms with Crippen molar-refractivity contribution < 1.29 is 0 Å². The van der Waals surface area contributed by atoms with Crippen LogP contribution in [-0.4, -0.2) is 22.3 Å². The highest BCUT2D eigenvalue weighted by Gasteiger charge is 2.07. The van der Waals surface area contributed by atoms with Crippen molar-refractivity contribution in [1.82, 2.24) is 9.38 Å². The number of nitrogen functional groups attached to an aromatic ring is 1. The van der Waals surface area contributed by atoms with Gasteiger partial charge in [-0.3, -0.25) is 9.81 Å². The van der Waals surface area contributed by atoms with Crippen molar-refractivity contribution in [2.45, 2.75) is 6.54 Å². The Bertz CT molecular complexity index is 790. The first-order valence-electron chi connectivity index (χ1n) is 6.72. The Kier molecular flexibility index (Phi) is 3.31. The van der Waals surface area contributed by atoms with E-state index in [1.807, 2.05) is 49.6 Å². The van der Waals surface area contributed by atoms with E-state index < -0.39 is 0 Å². The summed E-state index contributed by atoms with van der Waals surface area (Å²) in [6.07, 6.45) is 3.75. The number of pyridine rings is 1. The Morgan fingerprint density at radius 3 is 2.90 bits per heavy atom. The third kappa shape index (κ3) is 2.58. The molecule has 106 valence electrons.